The molecule has 126 valence electrons. The van der Waals surface area contributed by atoms with Crippen molar-refractivity contribution in [2.75, 3.05) is 20.3 Å². The van der Waals surface area contributed by atoms with Gasteiger partial charge in [0.1, 0.15) is 11.3 Å². The number of oxazole rings is 1. The third kappa shape index (κ3) is 3.98. The van der Waals surface area contributed by atoms with Crippen LogP contribution < -0.4 is 5.32 Å². The molecule has 1 amide bonds. The van der Waals surface area contributed by atoms with Gasteiger partial charge < -0.3 is 18.9 Å². The van der Waals surface area contributed by atoms with Gasteiger partial charge >= 0.3 is 0 Å². The number of benzene rings is 1. The second kappa shape index (κ2) is 7.55. The Bertz CT molecular complexity index is 840. The number of rotatable bonds is 7. The molecule has 3 aromatic rings. The topological polar surface area (TPSA) is 77.5 Å². The van der Waals surface area contributed by atoms with Gasteiger partial charge in [-0.3, -0.25) is 4.79 Å². The molecule has 3 rings (SSSR count). The molecule has 0 bridgehead atoms. The zero-order valence-electron chi connectivity index (χ0n) is 13.5. The van der Waals surface area contributed by atoms with Crippen LogP contribution in [0.5, 0.6) is 0 Å². The van der Waals surface area contributed by atoms with E-state index >= 15 is 0 Å². The molecule has 0 aliphatic carbocycles. The van der Waals surface area contributed by atoms with Gasteiger partial charge in [-0.1, -0.05) is 17.8 Å². The highest BCUT2D eigenvalue weighted by Gasteiger charge is 2.12. The molecule has 0 atom stereocenters. The average Bonchev–Trinajstić information content (AvgIpc) is 3.19. The summed E-state index contributed by atoms with van der Waals surface area (Å²) in [5, 5.41) is 3.30. The number of carbonyl (C=O) groups is 1. The summed E-state index contributed by atoms with van der Waals surface area (Å²) in [6, 6.07) is 9.33. The van der Waals surface area contributed by atoms with Crippen molar-refractivity contribution in [2.24, 2.45) is 0 Å². The van der Waals surface area contributed by atoms with Crippen LogP contribution in [0.25, 0.3) is 11.1 Å². The van der Waals surface area contributed by atoms with E-state index in [1.54, 1.807) is 19.2 Å². The number of hydrogen-bond donors (Lipinski definition) is 1. The minimum atomic E-state index is -0.249. The van der Waals surface area contributed by atoms with Crippen molar-refractivity contribution >= 4 is 28.8 Å². The van der Waals surface area contributed by atoms with Crippen molar-refractivity contribution in [2.45, 2.75) is 17.9 Å². The lowest BCUT2D eigenvalue weighted by atomic mass is 10.2. The first kappa shape index (κ1) is 16.6. The van der Waals surface area contributed by atoms with E-state index < -0.39 is 0 Å². The lowest BCUT2D eigenvalue weighted by molar-refractivity contribution is 0.0908. The summed E-state index contributed by atoms with van der Waals surface area (Å²) in [6.45, 7) is 2.93. The van der Waals surface area contributed by atoms with Crippen LogP contribution in [0, 0.1) is 6.92 Å². The van der Waals surface area contributed by atoms with Gasteiger partial charge in [0.25, 0.3) is 11.1 Å². The molecule has 24 heavy (non-hydrogen) atoms. The van der Waals surface area contributed by atoms with E-state index in [1.807, 2.05) is 25.1 Å². The van der Waals surface area contributed by atoms with E-state index in [9.17, 15) is 4.79 Å². The largest absolute Gasteiger partial charge is 0.455 e. The Morgan fingerprint density at radius 2 is 2.17 bits per heavy atom. The number of methoxy groups -OCH3 is 1. The quantitative estimate of drug-likeness (QED) is 0.522. The van der Waals surface area contributed by atoms with E-state index in [4.69, 9.17) is 13.6 Å². The van der Waals surface area contributed by atoms with Gasteiger partial charge in [0.15, 0.2) is 11.3 Å². The standard InChI is InChI=1S/C17H18N2O4S/c1-11-3-5-14-13(9-11)19-17(23-14)24-10-12-4-6-15(22-12)16(20)18-7-8-21-2/h3-6,9H,7-8,10H2,1-2H3,(H,18,20). The van der Waals surface area contributed by atoms with Crippen LogP contribution >= 0.6 is 11.8 Å². The Labute approximate surface area is 143 Å². The number of thioether (sulfide) groups is 1. The van der Waals surface area contributed by atoms with Crippen LogP contribution in [-0.2, 0) is 10.5 Å². The summed E-state index contributed by atoms with van der Waals surface area (Å²) >= 11 is 1.43. The average molecular weight is 346 g/mol. The Kier molecular flexibility index (Phi) is 5.22. The number of aromatic nitrogens is 1. The monoisotopic (exact) mass is 346 g/mol. The third-order valence-corrected chi connectivity index (χ3v) is 4.19. The summed E-state index contributed by atoms with van der Waals surface area (Å²) in [4.78, 5) is 16.3. The molecule has 0 aliphatic heterocycles. The zero-order chi connectivity index (χ0) is 16.9. The van der Waals surface area contributed by atoms with Crippen molar-refractivity contribution in [3.05, 3.63) is 47.4 Å². The minimum absolute atomic E-state index is 0.249. The lowest BCUT2D eigenvalue weighted by Crippen LogP contribution is -2.26. The fourth-order valence-electron chi connectivity index (χ4n) is 2.14. The van der Waals surface area contributed by atoms with Crippen molar-refractivity contribution in [3.8, 4) is 0 Å². The lowest BCUT2D eigenvalue weighted by Gasteiger charge is -2.01. The van der Waals surface area contributed by atoms with E-state index in [0.29, 0.717) is 29.9 Å². The molecule has 6 nitrogen and oxygen atoms in total. The summed E-state index contributed by atoms with van der Waals surface area (Å²) < 4.78 is 16.1. The first-order valence-electron chi connectivity index (χ1n) is 7.51. The summed E-state index contributed by atoms with van der Waals surface area (Å²) in [5.74, 6) is 1.27. The Hall–Kier alpha value is -2.25. The van der Waals surface area contributed by atoms with Gasteiger partial charge in [-0.2, -0.15) is 0 Å². The van der Waals surface area contributed by atoms with E-state index in [2.05, 4.69) is 10.3 Å². The number of furan rings is 1. The van der Waals surface area contributed by atoms with Gasteiger partial charge in [-0.05, 0) is 36.8 Å². The van der Waals surface area contributed by atoms with Gasteiger partial charge in [0, 0.05) is 13.7 Å². The van der Waals surface area contributed by atoms with Crippen LogP contribution in [0.2, 0.25) is 0 Å². The molecule has 2 heterocycles. The van der Waals surface area contributed by atoms with Gasteiger partial charge in [-0.25, -0.2) is 4.98 Å². The van der Waals surface area contributed by atoms with Crippen LogP contribution in [0.1, 0.15) is 21.9 Å². The molecule has 0 fully saturated rings. The fourth-order valence-corrected chi connectivity index (χ4v) is 2.87. The van der Waals surface area contributed by atoms with Crippen molar-refractivity contribution in [1.29, 1.82) is 0 Å². The van der Waals surface area contributed by atoms with Crippen LogP contribution in [-0.4, -0.2) is 31.2 Å². The molecule has 0 radical (unpaired) electrons. The molecule has 2 aromatic heterocycles. The summed E-state index contributed by atoms with van der Waals surface area (Å²) in [5.41, 5.74) is 2.75. The molecule has 0 saturated heterocycles. The highest BCUT2D eigenvalue weighted by atomic mass is 32.2. The Morgan fingerprint density at radius 1 is 1.29 bits per heavy atom. The maximum Gasteiger partial charge on any atom is 0.287 e. The highest BCUT2D eigenvalue weighted by Crippen LogP contribution is 2.27. The number of aryl methyl sites for hydroxylation is 1. The molecular formula is C17H18N2O4S. The van der Waals surface area contributed by atoms with Crippen molar-refractivity contribution in [1.82, 2.24) is 10.3 Å². The van der Waals surface area contributed by atoms with Crippen molar-refractivity contribution < 1.29 is 18.4 Å². The second-order valence-corrected chi connectivity index (χ2v) is 6.18. The van der Waals surface area contributed by atoms with Gasteiger partial charge in [0.2, 0.25) is 0 Å². The maximum atomic E-state index is 11.9. The van der Waals surface area contributed by atoms with Gasteiger partial charge in [-0.15, -0.1) is 0 Å². The normalized spacial score (nSPS) is 11.1. The second-order valence-electron chi connectivity index (χ2n) is 5.25. The number of ether oxygens (including phenoxy) is 1. The molecule has 0 spiro atoms. The number of fused-ring (bicyclic) bond motifs is 1. The van der Waals surface area contributed by atoms with Crippen molar-refractivity contribution in [3.63, 3.8) is 0 Å². The van der Waals surface area contributed by atoms with Crippen LogP contribution in [0.15, 0.2) is 44.4 Å². The third-order valence-electron chi connectivity index (χ3n) is 3.34. The molecule has 0 aliphatic rings. The molecular weight excluding hydrogens is 328 g/mol. The smallest absolute Gasteiger partial charge is 0.287 e. The first-order valence-corrected chi connectivity index (χ1v) is 8.50. The number of hydrogen-bond acceptors (Lipinski definition) is 6. The number of carbonyl (C=O) groups excluding carboxylic acids is 1. The van der Waals surface area contributed by atoms with E-state index in [-0.39, 0.29) is 11.7 Å². The molecule has 0 unspecified atom stereocenters. The fraction of sp³-hybridized carbons (Fsp3) is 0.294. The maximum absolute atomic E-state index is 11.9. The predicted octanol–water partition coefficient (Wildman–Crippen LogP) is 3.40. The number of nitrogens with one attached hydrogen (secondary N) is 1. The Balaban J connectivity index is 1.59. The molecule has 1 aromatic carbocycles. The zero-order valence-corrected chi connectivity index (χ0v) is 14.3. The van der Waals surface area contributed by atoms with Crippen LogP contribution in [0.3, 0.4) is 0 Å². The number of amides is 1. The van der Waals surface area contributed by atoms with Crippen LogP contribution in [0.4, 0.5) is 0 Å². The molecule has 1 N–H and O–H groups in total. The highest BCUT2D eigenvalue weighted by molar-refractivity contribution is 7.98. The number of nitrogens with zero attached hydrogens (tertiary/aromatic N) is 1. The molecule has 0 saturated carbocycles. The van der Waals surface area contributed by atoms with Gasteiger partial charge in [0.05, 0.1) is 12.4 Å². The minimum Gasteiger partial charge on any atom is -0.455 e. The summed E-state index contributed by atoms with van der Waals surface area (Å²) in [6.07, 6.45) is 0. The van der Waals surface area contributed by atoms with E-state index in [0.717, 1.165) is 16.7 Å². The SMILES string of the molecule is COCCNC(=O)c1ccc(CSc2nc3cc(C)ccc3o2)o1. The summed E-state index contributed by atoms with van der Waals surface area (Å²) in [7, 11) is 1.59. The molecule has 7 heteroatoms. The predicted molar refractivity (Wildman–Crippen MR) is 91.2 cm³/mol. The Morgan fingerprint density at radius 3 is 3.00 bits per heavy atom. The van der Waals surface area contributed by atoms with E-state index in [1.165, 1.54) is 11.8 Å². The first-order chi connectivity index (χ1) is 11.7.